The number of piperidine rings is 1. The molecule has 2 amide bonds. The Morgan fingerprint density at radius 3 is 2.46 bits per heavy atom. The molecule has 0 spiro atoms. The molecule has 2 rings (SSSR count). The van der Waals surface area contributed by atoms with Crippen molar-refractivity contribution in [3.8, 4) is 0 Å². The number of nitrogens with zero attached hydrogens (tertiary/aromatic N) is 1. The first-order valence-corrected chi connectivity index (χ1v) is 9.31. The standard InChI is InChI=1S/C16H23N3O4S/c1-11-6-12(2)10-19(9-11)24(22,23)14-5-3-4-13(7-14)16(21)18-8-15(17)20/h3-5,7,11-12H,6,8-10H2,1-2H3,(H2,17,20)(H,18,21)/t11-,12+. The van der Waals surface area contributed by atoms with Crippen LogP contribution in [0.4, 0.5) is 0 Å². The minimum absolute atomic E-state index is 0.0792. The molecule has 0 radical (unpaired) electrons. The zero-order valence-electron chi connectivity index (χ0n) is 13.9. The van der Waals surface area contributed by atoms with Crippen molar-refractivity contribution in [3.63, 3.8) is 0 Å². The van der Waals surface area contributed by atoms with Gasteiger partial charge in [0.25, 0.3) is 5.91 Å². The molecule has 1 heterocycles. The fourth-order valence-electron chi connectivity index (χ4n) is 3.02. The molecule has 2 atom stereocenters. The number of benzene rings is 1. The van der Waals surface area contributed by atoms with Crippen molar-refractivity contribution in [2.75, 3.05) is 19.6 Å². The summed E-state index contributed by atoms with van der Waals surface area (Å²) in [6.45, 7) is 4.73. The lowest BCUT2D eigenvalue weighted by Gasteiger charge is -2.34. The van der Waals surface area contributed by atoms with Crippen LogP contribution in [0.25, 0.3) is 0 Å². The molecule has 1 aromatic rings. The van der Waals surface area contributed by atoms with Gasteiger partial charge in [-0.1, -0.05) is 19.9 Å². The normalized spacial score (nSPS) is 22.1. The van der Waals surface area contributed by atoms with E-state index in [-0.39, 0.29) is 17.0 Å². The largest absolute Gasteiger partial charge is 0.368 e. The quantitative estimate of drug-likeness (QED) is 0.806. The molecule has 7 nitrogen and oxygen atoms in total. The second-order valence-electron chi connectivity index (χ2n) is 6.44. The summed E-state index contributed by atoms with van der Waals surface area (Å²) in [7, 11) is -3.65. The zero-order valence-corrected chi connectivity index (χ0v) is 14.7. The van der Waals surface area contributed by atoms with Crippen molar-refractivity contribution in [3.05, 3.63) is 29.8 Å². The van der Waals surface area contributed by atoms with Gasteiger partial charge < -0.3 is 11.1 Å². The van der Waals surface area contributed by atoms with E-state index in [0.29, 0.717) is 24.9 Å². The maximum Gasteiger partial charge on any atom is 0.251 e. The first-order chi connectivity index (χ1) is 11.2. The zero-order chi connectivity index (χ0) is 17.9. The summed E-state index contributed by atoms with van der Waals surface area (Å²) in [5.41, 5.74) is 5.16. The highest BCUT2D eigenvalue weighted by Gasteiger charge is 2.31. The summed E-state index contributed by atoms with van der Waals surface area (Å²) in [6, 6.07) is 5.82. The molecule has 3 N–H and O–H groups in total. The van der Waals surface area contributed by atoms with Crippen LogP contribution >= 0.6 is 0 Å². The van der Waals surface area contributed by atoms with Gasteiger partial charge in [0.15, 0.2) is 0 Å². The van der Waals surface area contributed by atoms with Gasteiger partial charge in [-0.25, -0.2) is 8.42 Å². The fourth-order valence-corrected chi connectivity index (χ4v) is 4.74. The van der Waals surface area contributed by atoms with Gasteiger partial charge in [-0.15, -0.1) is 0 Å². The minimum Gasteiger partial charge on any atom is -0.368 e. The van der Waals surface area contributed by atoms with Crippen LogP contribution < -0.4 is 11.1 Å². The van der Waals surface area contributed by atoms with Gasteiger partial charge in [0.2, 0.25) is 15.9 Å². The Morgan fingerprint density at radius 2 is 1.88 bits per heavy atom. The summed E-state index contributed by atoms with van der Waals surface area (Å²) in [5, 5.41) is 2.35. The molecule has 8 heteroatoms. The van der Waals surface area contributed by atoms with Gasteiger partial charge in [-0.05, 0) is 36.5 Å². The van der Waals surface area contributed by atoms with Gasteiger partial charge in [0, 0.05) is 18.7 Å². The van der Waals surface area contributed by atoms with E-state index in [1.165, 1.54) is 28.6 Å². The number of hydrogen-bond donors (Lipinski definition) is 2. The Labute approximate surface area is 142 Å². The van der Waals surface area contributed by atoms with Crippen LogP contribution in [0.1, 0.15) is 30.6 Å². The average Bonchev–Trinajstić information content (AvgIpc) is 2.51. The minimum atomic E-state index is -3.65. The van der Waals surface area contributed by atoms with Crippen molar-refractivity contribution < 1.29 is 18.0 Å². The average molecular weight is 353 g/mol. The summed E-state index contributed by atoms with van der Waals surface area (Å²) in [6.07, 6.45) is 1.00. The molecule has 1 aliphatic rings. The maximum atomic E-state index is 12.8. The van der Waals surface area contributed by atoms with E-state index in [4.69, 9.17) is 5.73 Å². The summed E-state index contributed by atoms with van der Waals surface area (Å²) in [5.74, 6) is -0.606. The van der Waals surface area contributed by atoms with Crippen LogP contribution in [0.3, 0.4) is 0 Å². The van der Waals surface area contributed by atoms with Gasteiger partial charge in [-0.2, -0.15) is 4.31 Å². The Morgan fingerprint density at radius 1 is 1.25 bits per heavy atom. The van der Waals surface area contributed by atoms with Crippen molar-refractivity contribution >= 4 is 21.8 Å². The van der Waals surface area contributed by atoms with E-state index in [0.717, 1.165) is 6.42 Å². The van der Waals surface area contributed by atoms with Crippen LogP contribution in [0.5, 0.6) is 0 Å². The summed E-state index contributed by atoms with van der Waals surface area (Å²) >= 11 is 0. The van der Waals surface area contributed by atoms with Crippen molar-refractivity contribution in [1.29, 1.82) is 0 Å². The number of primary amides is 1. The number of carbonyl (C=O) groups is 2. The van der Waals surface area contributed by atoms with E-state index in [1.54, 1.807) is 0 Å². The van der Waals surface area contributed by atoms with Crippen molar-refractivity contribution in [2.24, 2.45) is 17.6 Å². The van der Waals surface area contributed by atoms with E-state index in [9.17, 15) is 18.0 Å². The van der Waals surface area contributed by atoms with Gasteiger partial charge in [0.05, 0.1) is 11.4 Å². The predicted molar refractivity (Wildman–Crippen MR) is 89.7 cm³/mol. The summed E-state index contributed by atoms with van der Waals surface area (Å²) < 4.78 is 27.2. The number of carbonyl (C=O) groups excluding carboxylic acids is 2. The lowest BCUT2D eigenvalue weighted by Crippen LogP contribution is -2.42. The Balaban J connectivity index is 2.23. The Bertz CT molecular complexity index is 723. The lowest BCUT2D eigenvalue weighted by molar-refractivity contribution is -0.117. The van der Waals surface area contributed by atoms with E-state index < -0.39 is 21.8 Å². The van der Waals surface area contributed by atoms with Crippen LogP contribution in [0, 0.1) is 11.8 Å². The molecule has 0 saturated carbocycles. The smallest absolute Gasteiger partial charge is 0.251 e. The first kappa shape index (κ1) is 18.4. The third kappa shape index (κ3) is 4.33. The number of nitrogens with one attached hydrogen (secondary N) is 1. The topological polar surface area (TPSA) is 110 Å². The number of rotatable bonds is 5. The van der Waals surface area contributed by atoms with Crippen LogP contribution in [0.2, 0.25) is 0 Å². The van der Waals surface area contributed by atoms with E-state index in [1.807, 2.05) is 13.8 Å². The number of nitrogens with two attached hydrogens (primary N) is 1. The highest BCUT2D eigenvalue weighted by atomic mass is 32.2. The number of sulfonamides is 1. The molecule has 0 aliphatic carbocycles. The SMILES string of the molecule is C[C@@H]1C[C@H](C)CN(S(=O)(=O)c2cccc(C(=O)NCC(N)=O)c2)C1. The molecule has 1 saturated heterocycles. The molecule has 0 bridgehead atoms. The first-order valence-electron chi connectivity index (χ1n) is 7.87. The Hall–Kier alpha value is -1.93. The highest BCUT2D eigenvalue weighted by molar-refractivity contribution is 7.89. The molecule has 0 aromatic heterocycles. The molecule has 1 aromatic carbocycles. The molecule has 1 fully saturated rings. The van der Waals surface area contributed by atoms with Crippen molar-refractivity contribution in [1.82, 2.24) is 9.62 Å². The molecule has 132 valence electrons. The third-order valence-electron chi connectivity index (χ3n) is 3.99. The number of hydrogen-bond acceptors (Lipinski definition) is 4. The lowest BCUT2D eigenvalue weighted by atomic mass is 9.94. The van der Waals surface area contributed by atoms with Gasteiger partial charge >= 0.3 is 0 Å². The summed E-state index contributed by atoms with van der Waals surface area (Å²) in [4.78, 5) is 22.8. The van der Waals surface area contributed by atoms with E-state index >= 15 is 0 Å². The van der Waals surface area contributed by atoms with Crippen LogP contribution in [-0.2, 0) is 14.8 Å². The predicted octanol–water partition coefficient (Wildman–Crippen LogP) is 0.568. The number of amides is 2. The third-order valence-corrected chi connectivity index (χ3v) is 5.82. The fraction of sp³-hybridized carbons (Fsp3) is 0.500. The molecular weight excluding hydrogens is 330 g/mol. The second kappa shape index (κ2) is 7.31. The highest BCUT2D eigenvalue weighted by Crippen LogP contribution is 2.26. The molecule has 1 aliphatic heterocycles. The van der Waals surface area contributed by atoms with Crippen LogP contribution in [-0.4, -0.2) is 44.2 Å². The molecule has 0 unspecified atom stereocenters. The molecular formula is C16H23N3O4S. The van der Waals surface area contributed by atoms with Gasteiger partial charge in [-0.3, -0.25) is 9.59 Å². The monoisotopic (exact) mass is 353 g/mol. The maximum absolute atomic E-state index is 12.8. The second-order valence-corrected chi connectivity index (χ2v) is 8.38. The van der Waals surface area contributed by atoms with Gasteiger partial charge in [0.1, 0.15) is 0 Å². The van der Waals surface area contributed by atoms with E-state index in [2.05, 4.69) is 5.32 Å². The van der Waals surface area contributed by atoms with Crippen LogP contribution in [0.15, 0.2) is 29.2 Å². The van der Waals surface area contributed by atoms with Crippen molar-refractivity contribution in [2.45, 2.75) is 25.2 Å². The molecule has 24 heavy (non-hydrogen) atoms. The Kier molecular flexibility index (Phi) is 5.61.